The average molecular weight is 357 g/mol. The van der Waals surface area contributed by atoms with Crippen LogP contribution < -0.4 is 0 Å². The first kappa shape index (κ1) is 5.60. The van der Waals surface area contributed by atoms with E-state index in [-0.39, 0.29) is 0 Å². The van der Waals surface area contributed by atoms with Gasteiger partial charge in [0.25, 0.3) is 0 Å². The summed E-state index contributed by atoms with van der Waals surface area (Å²) in [5.74, 6) is 0. The molecule has 0 aromatic heterocycles. The Kier molecular flexibility index (Phi) is 3.15. The summed E-state index contributed by atoms with van der Waals surface area (Å²) in [4.78, 5) is 0. The molecular weight excluding hydrogens is 348 g/mol. The van der Waals surface area contributed by atoms with Crippen LogP contribution in [0.3, 0.4) is 0 Å². The molecule has 0 rings (SSSR count). The van der Waals surface area contributed by atoms with Crippen molar-refractivity contribution in [1.82, 2.24) is 0 Å². The fourth-order valence-electron chi connectivity index (χ4n) is 0. The van der Waals surface area contributed by atoms with E-state index in [0.717, 1.165) is 4.59 Å². The van der Waals surface area contributed by atoms with E-state index in [9.17, 15) is 0 Å². The quantitative estimate of drug-likeness (QED) is 0.622. The molecule has 0 N–H and O–H groups in total. The number of rotatable bonds is 1. The molecule has 0 aromatic carbocycles. The van der Waals surface area contributed by atoms with Crippen molar-refractivity contribution in [2.75, 3.05) is 0 Å². The van der Waals surface area contributed by atoms with E-state index in [0.29, 0.717) is 0 Å². The van der Waals surface area contributed by atoms with Crippen LogP contribution in [0.1, 0.15) is 20.3 Å². The predicted octanol–water partition coefficient (Wildman–Crippen LogP) is 1.37. The van der Waals surface area contributed by atoms with Gasteiger partial charge in [-0.3, -0.25) is 0 Å². The molecule has 0 saturated heterocycles. The van der Waals surface area contributed by atoms with E-state index in [4.69, 9.17) is 0 Å². The molecule has 0 bridgehead atoms. The molecule has 0 spiro atoms. The molecule has 0 aliphatic rings. The van der Waals surface area contributed by atoms with Crippen molar-refractivity contribution in [3.8, 4) is 0 Å². The fraction of sp³-hybridized carbons (Fsp3) is 1.00. The summed E-state index contributed by atoms with van der Waals surface area (Å²) in [7, 11) is 0. The standard InChI is InChI=1S/C4H9.Li/c1-3-4-2;/h3H,4H2,1-2H3;/i;1+46. The molecule has 0 amide bonds. The molecule has 0 aliphatic carbocycles. The maximum atomic E-state index is 2.22. The van der Waals surface area contributed by atoms with Crippen molar-refractivity contribution in [2.24, 2.45) is 0 Å². The average Bonchev–Trinajstić information content (AvgIpc) is 1.38. The van der Waals surface area contributed by atoms with E-state index in [2.05, 4.69) is 31.6 Å². The molecule has 26 valence electrons. The zero-order valence-corrected chi connectivity index (χ0v) is 4.28. The van der Waals surface area contributed by atoms with E-state index in [1.54, 1.807) is 0 Å². The summed E-state index contributed by atoms with van der Waals surface area (Å²) in [5.41, 5.74) is 0. The third-order valence-corrected chi connectivity index (χ3v) is 0.816. The minimum atomic E-state index is 0.884. The topological polar surface area (TPSA) is 0 Å². The molecule has 0 nitrogen and oxygen atoms in total. The van der Waals surface area contributed by atoms with Gasteiger partial charge in [0.05, 0.1) is 0 Å². The van der Waals surface area contributed by atoms with Gasteiger partial charge in [0.15, 0.2) is 0 Å². The van der Waals surface area contributed by atoms with Gasteiger partial charge in [-0.05, 0) is 0 Å². The van der Waals surface area contributed by atoms with E-state index in [1.165, 1.54) is 6.42 Å². The summed E-state index contributed by atoms with van der Waals surface area (Å²) in [6.07, 6.45) is 1.31. The third kappa shape index (κ3) is 4.60. The van der Waals surface area contributed by atoms with Crippen molar-refractivity contribution in [2.45, 2.75) is 24.9 Å². The normalized spacial score (nSPS) is 15.2. The summed E-state index contributed by atoms with van der Waals surface area (Å²) < 4.78 is 0.884. The van der Waals surface area contributed by atoms with Gasteiger partial charge in [0.2, 0.25) is 0 Å². The summed E-state index contributed by atoms with van der Waals surface area (Å²) in [6, 6.07) is 0. The van der Waals surface area contributed by atoms with Crippen LogP contribution in [0.4, 0.5) is 0 Å². The SMILES string of the molecule is [300Li][CH](C)CC. The minimum absolute atomic E-state index is 0.884. The summed E-state index contributed by atoms with van der Waals surface area (Å²) in [5, 5.41) is 0. The second kappa shape index (κ2) is 2.81. The Morgan fingerprint density at radius 2 is 2.00 bits per heavy atom. The molecule has 0 radical (unpaired) electrons. The van der Waals surface area contributed by atoms with Crippen molar-refractivity contribution in [1.29, 1.82) is 0 Å². The van der Waals surface area contributed by atoms with Gasteiger partial charge in [-0.15, -0.1) is 0 Å². The zero-order chi connectivity index (χ0) is 4.28. The summed E-state index contributed by atoms with van der Waals surface area (Å²) in [6.45, 7) is 4.42. The predicted molar refractivity (Wildman–Crippen MR) is 25.5 cm³/mol. The molecule has 1 atom stereocenters. The van der Waals surface area contributed by atoms with Crippen molar-refractivity contribution in [3.63, 3.8) is 0 Å². The molecule has 1 heteroatoms. The Bertz CT molecular complexity index is 17.6. The van der Waals surface area contributed by atoms with Crippen LogP contribution in [-0.2, 0) is 0 Å². The first-order valence-corrected chi connectivity index (χ1v) is 2.27. The Balaban J connectivity index is 2.54. The van der Waals surface area contributed by atoms with Crippen molar-refractivity contribution >= 4 is 17.7 Å². The van der Waals surface area contributed by atoms with Crippen LogP contribution in [0.15, 0.2) is 0 Å². The van der Waals surface area contributed by atoms with Crippen LogP contribution in [0.5, 0.6) is 0 Å². The first-order chi connectivity index (χ1) is 2.27. The second-order valence-electron chi connectivity index (χ2n) is 1.80. The van der Waals surface area contributed by atoms with Gasteiger partial charge in [0, 0.05) is 0 Å². The Labute approximate surface area is 43.2 Å². The monoisotopic (exact) mass is 357 g/mol. The number of hydrogen-bond acceptors (Lipinski definition) is 0. The van der Waals surface area contributed by atoms with Gasteiger partial charge in [-0.1, -0.05) is 0 Å². The molecule has 0 fully saturated rings. The van der Waals surface area contributed by atoms with E-state index >= 15 is 0 Å². The molecule has 5 heavy (non-hydrogen) atoms. The Hall–Kier alpha value is 0.597. The molecular formula is C4H9Li. The molecule has 0 aromatic rings. The van der Waals surface area contributed by atoms with E-state index < -0.39 is 0 Å². The van der Waals surface area contributed by atoms with Crippen molar-refractivity contribution < 1.29 is 0 Å². The number of hydrogen-bond donors (Lipinski definition) is 0. The Morgan fingerprint density at radius 1 is 1.80 bits per heavy atom. The van der Waals surface area contributed by atoms with Gasteiger partial charge in [-0.2, -0.15) is 0 Å². The third-order valence-electron chi connectivity index (χ3n) is 0.816. The van der Waals surface area contributed by atoms with Crippen LogP contribution in [-0.4, -0.2) is 17.7 Å². The van der Waals surface area contributed by atoms with Gasteiger partial charge in [0.1, 0.15) is 0 Å². The molecule has 0 saturated carbocycles. The van der Waals surface area contributed by atoms with Gasteiger partial charge >= 0.3 is 42.6 Å². The molecule has 1 unspecified atom stereocenters. The van der Waals surface area contributed by atoms with Crippen LogP contribution in [0, 0.1) is 0 Å². The van der Waals surface area contributed by atoms with Gasteiger partial charge < -0.3 is 0 Å². The van der Waals surface area contributed by atoms with Crippen LogP contribution in [0.2, 0.25) is 4.59 Å². The van der Waals surface area contributed by atoms with Gasteiger partial charge in [-0.25, -0.2) is 0 Å². The van der Waals surface area contributed by atoms with Crippen LogP contribution >= 0.6 is 0 Å². The van der Waals surface area contributed by atoms with Crippen molar-refractivity contribution in [3.05, 3.63) is 0 Å². The first-order valence-electron chi connectivity index (χ1n) is 2.27. The fourth-order valence-corrected chi connectivity index (χ4v) is 0. The zero-order valence-electron chi connectivity index (χ0n) is 4.28. The summed E-state index contributed by atoms with van der Waals surface area (Å²) >= 11 is 2.22. The maximum absolute atomic E-state index is 2.22. The van der Waals surface area contributed by atoms with E-state index in [1.807, 2.05) is 0 Å². The van der Waals surface area contributed by atoms with Crippen LogP contribution in [0.25, 0.3) is 0 Å². The Morgan fingerprint density at radius 3 is 2.00 bits per heavy atom. The molecule has 0 heterocycles. The molecule has 0 aliphatic heterocycles. The second-order valence-corrected chi connectivity index (χ2v) is 1.80.